The largest absolute Gasteiger partial charge is 0.506 e. The molecule has 0 saturated carbocycles. The van der Waals surface area contributed by atoms with Gasteiger partial charge in [0.1, 0.15) is 5.76 Å². The van der Waals surface area contributed by atoms with Crippen molar-refractivity contribution in [2.24, 2.45) is 0 Å². The zero-order valence-electron chi connectivity index (χ0n) is 19.0. The number of para-hydroxylation sites is 2. The van der Waals surface area contributed by atoms with Gasteiger partial charge in [0.25, 0.3) is 0 Å². The van der Waals surface area contributed by atoms with E-state index in [1.807, 2.05) is 99.6 Å². The minimum absolute atomic E-state index is 0.0420. The van der Waals surface area contributed by atoms with Crippen LogP contribution in [0.2, 0.25) is 0 Å². The van der Waals surface area contributed by atoms with Crippen molar-refractivity contribution in [2.75, 3.05) is 0 Å². The van der Waals surface area contributed by atoms with Gasteiger partial charge in [0, 0.05) is 22.3 Å². The Hall–Kier alpha value is -4.11. The summed E-state index contributed by atoms with van der Waals surface area (Å²) in [5.74, 6) is -0.104. The molecule has 33 heavy (non-hydrogen) atoms. The van der Waals surface area contributed by atoms with Crippen molar-refractivity contribution in [2.45, 2.75) is 20.8 Å². The molecule has 3 nitrogen and oxygen atoms in total. The standard InChI is InChI=1S/C30H25NO2/c1-18(2)25(22-15-9-8-12-19(22)3)27-29(32)28(30(27)33)26-20(4)31(21-13-6-5-7-14-21)24-17-11-10-16-23(24)26/h5-17,32H,1H2,2-4H3/b27-25+. The summed E-state index contributed by atoms with van der Waals surface area (Å²) >= 11 is 0. The van der Waals surface area contributed by atoms with E-state index in [4.69, 9.17) is 0 Å². The highest BCUT2D eigenvalue weighted by molar-refractivity contribution is 6.43. The Kier molecular flexibility index (Phi) is 4.90. The second kappa shape index (κ2) is 7.79. The molecule has 1 heterocycles. The normalized spacial score (nSPS) is 15.1. The molecule has 0 spiro atoms. The molecule has 0 amide bonds. The Bertz CT molecular complexity index is 1510. The van der Waals surface area contributed by atoms with E-state index >= 15 is 0 Å². The Labute approximate surface area is 193 Å². The Balaban J connectivity index is 1.79. The topological polar surface area (TPSA) is 42.2 Å². The van der Waals surface area contributed by atoms with Crippen LogP contribution in [0.25, 0.3) is 27.7 Å². The average molecular weight is 432 g/mol. The zero-order valence-corrected chi connectivity index (χ0v) is 19.0. The van der Waals surface area contributed by atoms with Crippen LogP contribution in [0.5, 0.6) is 0 Å². The summed E-state index contributed by atoms with van der Waals surface area (Å²) in [6, 6.07) is 25.9. The summed E-state index contributed by atoms with van der Waals surface area (Å²) in [7, 11) is 0. The third kappa shape index (κ3) is 3.08. The number of carbonyl (C=O) groups excluding carboxylic acids is 1. The molecule has 1 aliphatic carbocycles. The first-order valence-electron chi connectivity index (χ1n) is 11.0. The van der Waals surface area contributed by atoms with Crippen LogP contribution in [0.4, 0.5) is 0 Å². The van der Waals surface area contributed by atoms with E-state index in [0.717, 1.165) is 44.5 Å². The number of benzene rings is 3. The first kappa shape index (κ1) is 20.8. The van der Waals surface area contributed by atoms with E-state index in [1.165, 1.54) is 0 Å². The Morgan fingerprint density at radius 3 is 2.18 bits per heavy atom. The maximum absolute atomic E-state index is 13.6. The number of aryl methyl sites for hydroxylation is 1. The van der Waals surface area contributed by atoms with Crippen LogP contribution in [-0.4, -0.2) is 15.5 Å². The summed E-state index contributed by atoms with van der Waals surface area (Å²) in [5.41, 5.74) is 7.87. The first-order valence-corrected chi connectivity index (χ1v) is 11.0. The second-order valence-corrected chi connectivity index (χ2v) is 8.55. The molecule has 3 aromatic carbocycles. The summed E-state index contributed by atoms with van der Waals surface area (Å²) in [6.45, 7) is 9.98. The molecule has 1 aromatic heterocycles. The highest BCUT2D eigenvalue weighted by Gasteiger charge is 2.40. The fraction of sp³-hybridized carbons (Fsp3) is 0.100. The van der Waals surface area contributed by atoms with Crippen LogP contribution in [-0.2, 0) is 4.79 Å². The molecule has 162 valence electrons. The zero-order chi connectivity index (χ0) is 23.3. The molecule has 4 aromatic rings. The summed E-state index contributed by atoms with van der Waals surface area (Å²) < 4.78 is 2.14. The molecular formula is C30H25NO2. The van der Waals surface area contributed by atoms with Crippen molar-refractivity contribution in [3.63, 3.8) is 0 Å². The van der Waals surface area contributed by atoms with Gasteiger partial charge in [0.15, 0.2) is 0 Å². The van der Waals surface area contributed by atoms with Crippen LogP contribution in [0.1, 0.15) is 29.3 Å². The maximum atomic E-state index is 13.6. The van der Waals surface area contributed by atoms with E-state index in [2.05, 4.69) is 11.1 Å². The number of allylic oxidation sites excluding steroid dienone is 4. The summed E-state index contributed by atoms with van der Waals surface area (Å²) in [5, 5.41) is 12.2. The van der Waals surface area contributed by atoms with Crippen molar-refractivity contribution in [3.05, 3.63) is 125 Å². The van der Waals surface area contributed by atoms with Gasteiger partial charge in [-0.25, -0.2) is 0 Å². The van der Waals surface area contributed by atoms with Gasteiger partial charge in [0.05, 0.1) is 16.7 Å². The molecule has 0 bridgehead atoms. The third-order valence-electron chi connectivity index (χ3n) is 6.39. The number of ketones is 1. The third-order valence-corrected chi connectivity index (χ3v) is 6.39. The minimum atomic E-state index is -0.146. The van der Waals surface area contributed by atoms with Gasteiger partial charge in [0.2, 0.25) is 5.78 Å². The van der Waals surface area contributed by atoms with Crippen LogP contribution in [0.3, 0.4) is 0 Å². The highest BCUT2D eigenvalue weighted by atomic mass is 16.3. The molecule has 0 fully saturated rings. The number of aliphatic hydroxyl groups is 1. The Morgan fingerprint density at radius 1 is 0.879 bits per heavy atom. The summed E-state index contributed by atoms with van der Waals surface area (Å²) in [6.07, 6.45) is 0. The molecule has 0 atom stereocenters. The second-order valence-electron chi connectivity index (χ2n) is 8.55. The lowest BCUT2D eigenvalue weighted by Gasteiger charge is -2.26. The van der Waals surface area contributed by atoms with Crippen LogP contribution in [0.15, 0.2) is 102 Å². The predicted molar refractivity (Wildman–Crippen MR) is 135 cm³/mol. The van der Waals surface area contributed by atoms with Gasteiger partial charge in [-0.2, -0.15) is 0 Å². The van der Waals surface area contributed by atoms with Gasteiger partial charge in [-0.3, -0.25) is 4.79 Å². The molecular weight excluding hydrogens is 406 g/mol. The van der Waals surface area contributed by atoms with Gasteiger partial charge in [-0.15, -0.1) is 0 Å². The lowest BCUT2D eigenvalue weighted by molar-refractivity contribution is -0.111. The smallest absolute Gasteiger partial charge is 0.201 e. The van der Waals surface area contributed by atoms with Gasteiger partial charge < -0.3 is 9.67 Å². The van der Waals surface area contributed by atoms with E-state index in [1.54, 1.807) is 0 Å². The fourth-order valence-corrected chi connectivity index (χ4v) is 4.89. The highest BCUT2D eigenvalue weighted by Crippen LogP contribution is 2.46. The minimum Gasteiger partial charge on any atom is -0.506 e. The van der Waals surface area contributed by atoms with Crippen molar-refractivity contribution in [1.29, 1.82) is 0 Å². The number of nitrogens with zero attached hydrogens (tertiary/aromatic N) is 1. The molecule has 0 aliphatic heterocycles. The lowest BCUT2D eigenvalue weighted by atomic mass is 9.76. The van der Waals surface area contributed by atoms with Crippen molar-refractivity contribution in [3.8, 4) is 5.69 Å². The molecule has 5 rings (SSSR count). The molecule has 3 heteroatoms. The monoisotopic (exact) mass is 431 g/mol. The van der Waals surface area contributed by atoms with Gasteiger partial charge in [-0.05, 0) is 61.2 Å². The fourth-order valence-electron chi connectivity index (χ4n) is 4.89. The molecule has 1 aliphatic rings. The number of hydrogen-bond acceptors (Lipinski definition) is 2. The maximum Gasteiger partial charge on any atom is 0.201 e. The van der Waals surface area contributed by atoms with E-state index in [9.17, 15) is 9.90 Å². The van der Waals surface area contributed by atoms with Gasteiger partial charge >= 0.3 is 0 Å². The lowest BCUT2D eigenvalue weighted by Crippen LogP contribution is -2.23. The number of aliphatic hydroxyl groups excluding tert-OH is 1. The number of Topliss-reactive ketones (excluding diaryl/α,β-unsaturated/α-hetero) is 1. The van der Waals surface area contributed by atoms with Crippen LogP contribution >= 0.6 is 0 Å². The van der Waals surface area contributed by atoms with Crippen molar-refractivity contribution in [1.82, 2.24) is 4.57 Å². The number of fused-ring (bicyclic) bond motifs is 1. The quantitative estimate of drug-likeness (QED) is 0.349. The SMILES string of the molecule is C=C(C)/C(=C1\C(=O)C(c2c(C)n(-c3ccccc3)c3ccccc23)=C1O)c1ccccc1C. The van der Waals surface area contributed by atoms with E-state index in [0.29, 0.717) is 16.7 Å². The number of hydrogen-bond donors (Lipinski definition) is 1. The van der Waals surface area contributed by atoms with Crippen molar-refractivity contribution >= 4 is 27.8 Å². The number of carbonyl (C=O) groups is 1. The molecule has 1 N–H and O–H groups in total. The van der Waals surface area contributed by atoms with Gasteiger partial charge in [-0.1, -0.05) is 67.2 Å². The van der Waals surface area contributed by atoms with Crippen LogP contribution < -0.4 is 0 Å². The molecule has 0 radical (unpaired) electrons. The number of rotatable bonds is 4. The van der Waals surface area contributed by atoms with Crippen molar-refractivity contribution < 1.29 is 9.90 Å². The summed E-state index contributed by atoms with van der Waals surface area (Å²) in [4.78, 5) is 13.6. The van der Waals surface area contributed by atoms with E-state index in [-0.39, 0.29) is 11.5 Å². The first-order chi connectivity index (χ1) is 15.9. The predicted octanol–water partition coefficient (Wildman–Crippen LogP) is 7.13. The van der Waals surface area contributed by atoms with Crippen LogP contribution in [0, 0.1) is 13.8 Å². The average Bonchev–Trinajstić information content (AvgIpc) is 3.10. The van der Waals surface area contributed by atoms with E-state index < -0.39 is 0 Å². The Morgan fingerprint density at radius 2 is 1.52 bits per heavy atom. The molecule has 0 unspecified atom stereocenters. The number of aromatic nitrogens is 1. The molecule has 0 saturated heterocycles.